The molecule has 0 aliphatic heterocycles. The molecule has 1 rings (SSSR count). The van der Waals surface area contributed by atoms with Crippen molar-refractivity contribution in [3.8, 4) is 0 Å². The van der Waals surface area contributed by atoms with E-state index in [1.165, 1.54) is 0 Å². The molecule has 112 valence electrons. The molecule has 1 aromatic carbocycles. The number of amides is 1. The van der Waals surface area contributed by atoms with E-state index in [1.54, 1.807) is 12.1 Å². The number of carbonyl (C=O) groups is 1. The first-order chi connectivity index (χ1) is 9.44. The van der Waals surface area contributed by atoms with Crippen LogP contribution in [0.1, 0.15) is 44.0 Å². The van der Waals surface area contributed by atoms with Crippen LogP contribution in [-0.4, -0.2) is 23.9 Å². The molecule has 0 fully saturated rings. The van der Waals surface area contributed by atoms with Gasteiger partial charge >= 0.3 is 0 Å². The second-order valence-electron chi connectivity index (χ2n) is 4.88. The van der Waals surface area contributed by atoms with Gasteiger partial charge in [0.15, 0.2) is 0 Å². The predicted octanol–water partition coefficient (Wildman–Crippen LogP) is 4.47. The van der Waals surface area contributed by atoms with Gasteiger partial charge in [0.2, 0.25) is 0 Å². The number of carbonyl (C=O) groups excluding carboxylic acids is 1. The summed E-state index contributed by atoms with van der Waals surface area (Å²) in [6.07, 6.45) is 2.12. The van der Waals surface area contributed by atoms with Crippen molar-refractivity contribution in [1.82, 2.24) is 4.90 Å². The summed E-state index contributed by atoms with van der Waals surface area (Å²) in [5, 5.41) is 0.638. The van der Waals surface area contributed by atoms with Gasteiger partial charge in [-0.25, -0.2) is 0 Å². The Balaban J connectivity index is 2.96. The van der Waals surface area contributed by atoms with Gasteiger partial charge in [-0.05, 0) is 25.0 Å². The molecule has 1 aromatic rings. The average molecular weight is 317 g/mol. The molecule has 3 nitrogen and oxygen atoms in total. The highest BCUT2D eigenvalue weighted by Crippen LogP contribution is 2.29. The van der Waals surface area contributed by atoms with Crippen molar-refractivity contribution < 1.29 is 4.79 Å². The molecule has 0 radical (unpaired) electrons. The monoisotopic (exact) mass is 316 g/mol. The van der Waals surface area contributed by atoms with Crippen LogP contribution in [0.25, 0.3) is 0 Å². The minimum absolute atomic E-state index is 0.0526. The minimum atomic E-state index is -0.0526. The van der Waals surface area contributed by atoms with Crippen molar-refractivity contribution in [2.45, 2.75) is 33.6 Å². The first kappa shape index (κ1) is 17.1. The van der Waals surface area contributed by atoms with E-state index in [1.807, 2.05) is 11.8 Å². The van der Waals surface area contributed by atoms with Crippen LogP contribution in [0.4, 0.5) is 5.69 Å². The Morgan fingerprint density at radius 3 is 2.10 bits per heavy atom. The Morgan fingerprint density at radius 2 is 1.70 bits per heavy atom. The molecule has 1 amide bonds. The highest BCUT2D eigenvalue weighted by molar-refractivity contribution is 6.39. The van der Waals surface area contributed by atoms with E-state index < -0.39 is 0 Å². The van der Waals surface area contributed by atoms with Gasteiger partial charge in [-0.15, -0.1) is 0 Å². The molecule has 2 N–H and O–H groups in total. The van der Waals surface area contributed by atoms with Crippen LogP contribution in [0.2, 0.25) is 10.0 Å². The molecule has 0 saturated heterocycles. The fourth-order valence-corrected chi connectivity index (χ4v) is 2.59. The summed E-state index contributed by atoms with van der Waals surface area (Å²) < 4.78 is 0. The topological polar surface area (TPSA) is 46.3 Å². The number of nitrogen functional groups attached to an aromatic ring is 1. The molecule has 0 unspecified atom stereocenters. The van der Waals surface area contributed by atoms with Gasteiger partial charge in [-0.3, -0.25) is 4.79 Å². The quantitative estimate of drug-likeness (QED) is 0.787. The van der Waals surface area contributed by atoms with Gasteiger partial charge in [0.25, 0.3) is 5.91 Å². The normalized spacial score (nSPS) is 10.9. The lowest BCUT2D eigenvalue weighted by molar-refractivity contribution is 0.0735. The first-order valence-electron chi connectivity index (χ1n) is 6.98. The highest BCUT2D eigenvalue weighted by Gasteiger charge is 2.19. The van der Waals surface area contributed by atoms with Gasteiger partial charge in [-0.1, -0.05) is 49.9 Å². The number of rotatable bonds is 6. The van der Waals surface area contributed by atoms with Crippen molar-refractivity contribution in [2.24, 2.45) is 5.92 Å². The first-order valence-corrected chi connectivity index (χ1v) is 7.73. The summed E-state index contributed by atoms with van der Waals surface area (Å²) in [6.45, 7) is 7.67. The van der Waals surface area contributed by atoms with Crippen molar-refractivity contribution >= 4 is 34.8 Å². The van der Waals surface area contributed by atoms with Crippen molar-refractivity contribution in [2.75, 3.05) is 18.8 Å². The third-order valence-electron chi connectivity index (χ3n) is 3.63. The van der Waals surface area contributed by atoms with Crippen molar-refractivity contribution in [1.29, 1.82) is 0 Å². The Bertz CT molecular complexity index is 450. The van der Waals surface area contributed by atoms with E-state index in [-0.39, 0.29) is 5.91 Å². The Hall–Kier alpha value is -0.930. The number of hydrogen-bond donors (Lipinski definition) is 1. The van der Waals surface area contributed by atoms with Crippen LogP contribution in [0.5, 0.6) is 0 Å². The maximum atomic E-state index is 12.5. The SMILES string of the molecule is CCC(CC)CN(CC)C(=O)c1cc(Cl)c(N)c(Cl)c1. The van der Waals surface area contributed by atoms with E-state index in [0.29, 0.717) is 33.8 Å². The zero-order valence-corrected chi connectivity index (χ0v) is 13.8. The second-order valence-corrected chi connectivity index (χ2v) is 5.69. The predicted molar refractivity (Wildman–Crippen MR) is 86.5 cm³/mol. The van der Waals surface area contributed by atoms with Crippen LogP contribution in [0, 0.1) is 5.92 Å². The standard InChI is InChI=1S/C15H22Cl2N2O/c1-4-10(5-2)9-19(6-3)15(20)11-7-12(16)14(18)13(17)8-11/h7-8,10H,4-6,9,18H2,1-3H3. The van der Waals surface area contributed by atoms with Crippen molar-refractivity contribution in [3.05, 3.63) is 27.7 Å². The zero-order chi connectivity index (χ0) is 15.3. The highest BCUT2D eigenvalue weighted by atomic mass is 35.5. The number of anilines is 1. The fraction of sp³-hybridized carbons (Fsp3) is 0.533. The van der Waals surface area contributed by atoms with Gasteiger partial charge in [-0.2, -0.15) is 0 Å². The molecule has 20 heavy (non-hydrogen) atoms. The second kappa shape index (κ2) is 7.75. The smallest absolute Gasteiger partial charge is 0.253 e. The Kier molecular flexibility index (Phi) is 6.63. The maximum absolute atomic E-state index is 12.5. The molecule has 0 spiro atoms. The molecule has 5 heteroatoms. The summed E-state index contributed by atoms with van der Waals surface area (Å²) in [5.74, 6) is 0.460. The van der Waals surface area contributed by atoms with Crippen LogP contribution in [0.3, 0.4) is 0 Å². The number of halogens is 2. The van der Waals surface area contributed by atoms with Gasteiger partial charge < -0.3 is 10.6 Å². The van der Waals surface area contributed by atoms with E-state index in [4.69, 9.17) is 28.9 Å². The molecule has 0 aliphatic carbocycles. The van der Waals surface area contributed by atoms with Gasteiger partial charge in [0, 0.05) is 18.7 Å². The zero-order valence-electron chi connectivity index (χ0n) is 12.2. The Labute approximate surface area is 131 Å². The van der Waals surface area contributed by atoms with E-state index in [9.17, 15) is 4.79 Å². The van der Waals surface area contributed by atoms with Crippen molar-refractivity contribution in [3.63, 3.8) is 0 Å². The largest absolute Gasteiger partial charge is 0.396 e. The lowest BCUT2D eigenvalue weighted by atomic mass is 10.0. The maximum Gasteiger partial charge on any atom is 0.253 e. The van der Waals surface area contributed by atoms with E-state index in [0.717, 1.165) is 19.4 Å². The third-order valence-corrected chi connectivity index (χ3v) is 4.25. The fourth-order valence-electron chi connectivity index (χ4n) is 2.10. The Morgan fingerprint density at radius 1 is 1.20 bits per heavy atom. The molecule has 0 aromatic heterocycles. The molecule has 0 heterocycles. The van der Waals surface area contributed by atoms with Crippen LogP contribution < -0.4 is 5.73 Å². The minimum Gasteiger partial charge on any atom is -0.396 e. The van der Waals surface area contributed by atoms with Gasteiger partial charge in [0.05, 0.1) is 15.7 Å². The van der Waals surface area contributed by atoms with E-state index >= 15 is 0 Å². The number of hydrogen-bond acceptors (Lipinski definition) is 2. The molecule has 0 atom stereocenters. The molecule has 0 bridgehead atoms. The third kappa shape index (κ3) is 4.03. The molecular formula is C15H22Cl2N2O. The summed E-state index contributed by atoms with van der Waals surface area (Å²) in [6, 6.07) is 3.17. The van der Waals surface area contributed by atoms with Gasteiger partial charge in [0.1, 0.15) is 0 Å². The number of nitrogens with zero attached hydrogens (tertiary/aromatic N) is 1. The van der Waals surface area contributed by atoms with Crippen LogP contribution >= 0.6 is 23.2 Å². The van der Waals surface area contributed by atoms with E-state index in [2.05, 4.69) is 13.8 Å². The number of nitrogens with two attached hydrogens (primary N) is 1. The summed E-state index contributed by atoms with van der Waals surface area (Å²) in [4.78, 5) is 14.4. The summed E-state index contributed by atoms with van der Waals surface area (Å²) in [5.41, 5.74) is 6.50. The summed E-state index contributed by atoms with van der Waals surface area (Å²) in [7, 11) is 0. The van der Waals surface area contributed by atoms with Crippen LogP contribution in [-0.2, 0) is 0 Å². The molecule has 0 aliphatic rings. The lowest BCUT2D eigenvalue weighted by Gasteiger charge is -2.25. The number of benzene rings is 1. The van der Waals surface area contributed by atoms with Crippen LogP contribution in [0.15, 0.2) is 12.1 Å². The lowest BCUT2D eigenvalue weighted by Crippen LogP contribution is -2.35. The molecule has 0 saturated carbocycles. The summed E-state index contributed by atoms with van der Waals surface area (Å²) >= 11 is 12.0. The average Bonchev–Trinajstić information content (AvgIpc) is 2.45. The molecular weight excluding hydrogens is 295 g/mol.